The first-order chi connectivity index (χ1) is 11.1. The molecule has 1 atom stereocenters. The first-order valence-corrected chi connectivity index (χ1v) is 9.35. The van der Waals surface area contributed by atoms with Crippen molar-refractivity contribution in [2.24, 2.45) is 0 Å². The van der Waals surface area contributed by atoms with Crippen molar-refractivity contribution in [3.8, 4) is 0 Å². The molecule has 2 aromatic rings. The van der Waals surface area contributed by atoms with Gasteiger partial charge in [-0.1, -0.05) is 47.8 Å². The van der Waals surface area contributed by atoms with Gasteiger partial charge in [-0.3, -0.25) is 9.20 Å². The number of nitrogens with zero attached hydrogens (tertiary/aromatic N) is 4. The number of pyridine rings is 1. The number of hydrogen-bond donors (Lipinski definition) is 0. The van der Waals surface area contributed by atoms with E-state index in [0.29, 0.717) is 20.8 Å². The minimum Gasteiger partial charge on any atom is -0.342 e. The molecule has 0 aliphatic carbocycles. The van der Waals surface area contributed by atoms with E-state index in [0.717, 1.165) is 25.9 Å². The minimum absolute atomic E-state index is 0.154. The van der Waals surface area contributed by atoms with Crippen molar-refractivity contribution in [3.05, 3.63) is 22.3 Å². The van der Waals surface area contributed by atoms with Crippen LogP contribution in [0.5, 0.6) is 0 Å². The largest absolute Gasteiger partial charge is 0.342 e. The molecule has 0 saturated carbocycles. The molecular formula is C15H18Cl2N4OS. The number of aromatic nitrogens is 3. The van der Waals surface area contributed by atoms with E-state index in [1.54, 1.807) is 16.7 Å². The number of thioether (sulfide) groups is 1. The number of likely N-dealkylation sites (tertiary alicyclic amines) is 1. The smallest absolute Gasteiger partial charge is 0.235 e. The van der Waals surface area contributed by atoms with E-state index >= 15 is 0 Å². The summed E-state index contributed by atoms with van der Waals surface area (Å²) >= 11 is 13.6. The molecule has 0 unspecified atom stereocenters. The second kappa shape index (κ2) is 7.28. The van der Waals surface area contributed by atoms with Crippen molar-refractivity contribution < 1.29 is 4.79 Å². The van der Waals surface area contributed by atoms with Crippen LogP contribution in [-0.2, 0) is 4.79 Å². The number of halogens is 2. The van der Waals surface area contributed by atoms with E-state index in [1.807, 2.05) is 11.8 Å². The van der Waals surface area contributed by atoms with Gasteiger partial charge in [-0.25, -0.2) is 0 Å². The first kappa shape index (κ1) is 16.9. The van der Waals surface area contributed by atoms with Crippen LogP contribution >= 0.6 is 35.0 Å². The molecule has 3 heterocycles. The van der Waals surface area contributed by atoms with Crippen LogP contribution in [0.3, 0.4) is 0 Å². The zero-order chi connectivity index (χ0) is 16.4. The van der Waals surface area contributed by atoms with Gasteiger partial charge in [0.05, 0.1) is 15.3 Å². The molecule has 0 spiro atoms. The Labute approximate surface area is 149 Å². The van der Waals surface area contributed by atoms with E-state index < -0.39 is 0 Å². The summed E-state index contributed by atoms with van der Waals surface area (Å²) < 4.78 is 1.74. The first-order valence-electron chi connectivity index (χ1n) is 7.71. The van der Waals surface area contributed by atoms with Gasteiger partial charge in [0.15, 0.2) is 10.8 Å². The monoisotopic (exact) mass is 372 g/mol. The molecule has 1 fully saturated rings. The lowest BCUT2D eigenvalue weighted by Gasteiger charge is -2.23. The summed E-state index contributed by atoms with van der Waals surface area (Å²) in [6.07, 6.45) is 6.30. The number of rotatable bonds is 3. The van der Waals surface area contributed by atoms with Gasteiger partial charge in [-0.15, -0.1) is 10.2 Å². The van der Waals surface area contributed by atoms with E-state index in [9.17, 15) is 4.79 Å². The highest BCUT2D eigenvalue weighted by Gasteiger charge is 2.24. The summed E-state index contributed by atoms with van der Waals surface area (Å²) in [6.45, 7) is 3.61. The number of fused-ring (bicyclic) bond motifs is 1. The predicted molar refractivity (Wildman–Crippen MR) is 93.4 cm³/mol. The fraction of sp³-hybridized carbons (Fsp3) is 0.533. The summed E-state index contributed by atoms with van der Waals surface area (Å²) in [4.78, 5) is 14.6. The maximum Gasteiger partial charge on any atom is 0.235 e. The van der Waals surface area contributed by atoms with Gasteiger partial charge in [0.25, 0.3) is 0 Å². The fourth-order valence-corrected chi connectivity index (χ4v) is 4.16. The van der Waals surface area contributed by atoms with Crippen molar-refractivity contribution in [1.29, 1.82) is 0 Å². The zero-order valence-corrected chi connectivity index (χ0v) is 15.2. The summed E-state index contributed by atoms with van der Waals surface area (Å²) in [6, 6.07) is 1.63. The molecule has 1 saturated heterocycles. The Morgan fingerprint density at radius 3 is 2.61 bits per heavy atom. The normalized spacial score (nSPS) is 17.3. The van der Waals surface area contributed by atoms with Crippen molar-refractivity contribution in [1.82, 2.24) is 19.5 Å². The van der Waals surface area contributed by atoms with E-state index in [4.69, 9.17) is 23.2 Å². The Hall–Kier alpha value is -0.980. The average molecular weight is 373 g/mol. The molecule has 1 aliphatic rings. The maximum absolute atomic E-state index is 12.6. The Morgan fingerprint density at radius 1 is 1.22 bits per heavy atom. The van der Waals surface area contributed by atoms with Crippen LogP contribution in [0.2, 0.25) is 10.0 Å². The lowest BCUT2D eigenvalue weighted by atomic mass is 10.2. The fourth-order valence-electron chi connectivity index (χ4n) is 2.74. The van der Waals surface area contributed by atoms with Crippen LogP contribution in [0.1, 0.15) is 32.6 Å². The lowest BCUT2D eigenvalue weighted by Crippen LogP contribution is -2.37. The Morgan fingerprint density at radius 2 is 1.91 bits per heavy atom. The van der Waals surface area contributed by atoms with Crippen LogP contribution in [0.25, 0.3) is 5.65 Å². The Balaban J connectivity index is 1.77. The van der Waals surface area contributed by atoms with Gasteiger partial charge in [-0.2, -0.15) is 0 Å². The van der Waals surface area contributed by atoms with Crippen molar-refractivity contribution in [2.75, 3.05) is 13.1 Å². The molecule has 0 N–H and O–H groups in total. The molecule has 8 heteroatoms. The molecule has 23 heavy (non-hydrogen) atoms. The molecule has 0 radical (unpaired) electrons. The SMILES string of the molecule is C[C@H](Sc1nnc2c(Cl)cc(Cl)cn12)C(=O)N1CCCCCC1. The molecule has 1 amide bonds. The third kappa shape index (κ3) is 3.75. The van der Waals surface area contributed by atoms with E-state index in [-0.39, 0.29) is 11.2 Å². The number of carbonyl (C=O) groups excluding carboxylic acids is 1. The molecule has 124 valence electrons. The van der Waals surface area contributed by atoms with Crippen LogP contribution in [-0.4, -0.2) is 43.7 Å². The summed E-state index contributed by atoms with van der Waals surface area (Å²) in [5.41, 5.74) is 0.549. The van der Waals surface area contributed by atoms with Crippen LogP contribution in [0.4, 0.5) is 0 Å². The number of carbonyl (C=O) groups is 1. The predicted octanol–water partition coefficient (Wildman–Crippen LogP) is 3.92. The Kier molecular flexibility index (Phi) is 5.34. The maximum atomic E-state index is 12.6. The average Bonchev–Trinajstić information content (AvgIpc) is 2.75. The highest BCUT2D eigenvalue weighted by Crippen LogP contribution is 2.28. The van der Waals surface area contributed by atoms with Crippen molar-refractivity contribution >= 4 is 46.5 Å². The molecule has 2 aromatic heterocycles. The second-order valence-corrected chi connectivity index (χ2v) is 7.83. The molecule has 1 aliphatic heterocycles. The third-order valence-corrected chi connectivity index (χ3v) is 5.47. The van der Waals surface area contributed by atoms with E-state index in [1.165, 1.54) is 24.6 Å². The van der Waals surface area contributed by atoms with Gasteiger partial charge < -0.3 is 4.90 Å². The number of amides is 1. The second-order valence-electron chi connectivity index (χ2n) is 5.68. The molecule has 0 aromatic carbocycles. The molecular weight excluding hydrogens is 355 g/mol. The van der Waals surface area contributed by atoms with E-state index in [2.05, 4.69) is 10.2 Å². The highest BCUT2D eigenvalue weighted by molar-refractivity contribution is 8.00. The van der Waals surface area contributed by atoms with Gasteiger partial charge in [0.2, 0.25) is 5.91 Å². The topological polar surface area (TPSA) is 50.5 Å². The summed E-state index contributed by atoms with van der Waals surface area (Å²) in [5.74, 6) is 0.154. The van der Waals surface area contributed by atoms with Crippen LogP contribution < -0.4 is 0 Å². The summed E-state index contributed by atoms with van der Waals surface area (Å²) in [5, 5.41) is 9.58. The van der Waals surface area contributed by atoms with Gasteiger partial charge in [0.1, 0.15) is 0 Å². The number of hydrogen-bond acceptors (Lipinski definition) is 4. The quantitative estimate of drug-likeness (QED) is 0.766. The third-order valence-electron chi connectivity index (χ3n) is 3.94. The highest BCUT2D eigenvalue weighted by atomic mass is 35.5. The van der Waals surface area contributed by atoms with Crippen molar-refractivity contribution in [2.45, 2.75) is 43.0 Å². The Bertz CT molecular complexity index is 713. The van der Waals surface area contributed by atoms with Gasteiger partial charge >= 0.3 is 0 Å². The minimum atomic E-state index is -0.224. The standard InChI is InChI=1S/C15H18Cl2N4OS/c1-10(14(22)20-6-4-2-3-5-7-20)23-15-19-18-13-12(17)8-11(16)9-21(13)15/h8-10H,2-7H2,1H3/t10-/m0/s1. The summed E-state index contributed by atoms with van der Waals surface area (Å²) in [7, 11) is 0. The van der Waals surface area contributed by atoms with Gasteiger partial charge in [-0.05, 0) is 25.8 Å². The zero-order valence-electron chi connectivity index (χ0n) is 12.8. The van der Waals surface area contributed by atoms with Crippen LogP contribution in [0.15, 0.2) is 17.4 Å². The lowest BCUT2D eigenvalue weighted by molar-refractivity contribution is -0.130. The van der Waals surface area contributed by atoms with Crippen molar-refractivity contribution in [3.63, 3.8) is 0 Å². The molecule has 3 rings (SSSR count). The molecule has 5 nitrogen and oxygen atoms in total. The van der Waals surface area contributed by atoms with Gasteiger partial charge in [0, 0.05) is 19.3 Å². The van der Waals surface area contributed by atoms with Crippen LogP contribution in [0, 0.1) is 0 Å². The molecule has 0 bridgehead atoms.